The summed E-state index contributed by atoms with van der Waals surface area (Å²) in [4.78, 5) is 0. The Morgan fingerprint density at radius 3 is 1.39 bits per heavy atom. The number of allylic oxidation sites excluding steroid dienone is 2. The molecular formula is C14H18N4+2. The maximum Gasteiger partial charge on any atom is 0.171 e. The fraction of sp³-hybridized carbons (Fsp3) is 0.143. The van der Waals surface area contributed by atoms with Crippen LogP contribution in [0.2, 0.25) is 0 Å². The molecule has 0 atom stereocenters. The molecule has 0 bridgehead atoms. The lowest BCUT2D eigenvalue weighted by Gasteiger charge is -1.93. The molecule has 0 amide bonds. The molecule has 0 aliphatic carbocycles. The Morgan fingerprint density at radius 2 is 1.06 bits per heavy atom. The number of pyridine rings is 2. The Balaban J connectivity index is 1.85. The molecule has 0 radical (unpaired) electrons. The largest absolute Gasteiger partial charge is 0.398 e. The number of nitrogen functional groups attached to an aromatic ring is 2. The molecule has 0 aliphatic rings. The van der Waals surface area contributed by atoms with Gasteiger partial charge in [-0.25, -0.2) is 9.13 Å². The zero-order valence-corrected chi connectivity index (χ0v) is 10.2. The van der Waals surface area contributed by atoms with Crippen LogP contribution >= 0.6 is 0 Å². The van der Waals surface area contributed by atoms with E-state index in [1.165, 1.54) is 0 Å². The van der Waals surface area contributed by atoms with Crippen molar-refractivity contribution < 1.29 is 9.13 Å². The van der Waals surface area contributed by atoms with Crippen molar-refractivity contribution in [2.24, 2.45) is 0 Å². The van der Waals surface area contributed by atoms with Crippen molar-refractivity contribution in [1.82, 2.24) is 0 Å². The Morgan fingerprint density at radius 1 is 0.722 bits per heavy atom. The van der Waals surface area contributed by atoms with E-state index in [-0.39, 0.29) is 0 Å². The summed E-state index contributed by atoms with van der Waals surface area (Å²) in [5.41, 5.74) is 12.8. The molecule has 0 spiro atoms. The van der Waals surface area contributed by atoms with Crippen molar-refractivity contribution in [3.8, 4) is 0 Å². The maximum absolute atomic E-state index is 5.62. The first-order valence-corrected chi connectivity index (χ1v) is 5.88. The summed E-state index contributed by atoms with van der Waals surface area (Å²) in [5.74, 6) is 0. The molecule has 0 unspecified atom stereocenters. The predicted molar refractivity (Wildman–Crippen MR) is 71.2 cm³/mol. The van der Waals surface area contributed by atoms with Crippen LogP contribution in [0.4, 0.5) is 11.4 Å². The highest BCUT2D eigenvalue weighted by Crippen LogP contribution is 1.94. The number of rotatable bonds is 4. The van der Waals surface area contributed by atoms with E-state index in [4.69, 9.17) is 11.5 Å². The van der Waals surface area contributed by atoms with Crippen molar-refractivity contribution in [2.45, 2.75) is 13.1 Å². The minimum absolute atomic E-state index is 0.785. The van der Waals surface area contributed by atoms with Crippen LogP contribution in [0, 0.1) is 0 Å². The van der Waals surface area contributed by atoms with Crippen LogP contribution in [0.25, 0.3) is 0 Å². The minimum Gasteiger partial charge on any atom is -0.398 e. The fourth-order valence-corrected chi connectivity index (χ4v) is 1.57. The number of nitrogens with zero attached hydrogens (tertiary/aromatic N) is 2. The van der Waals surface area contributed by atoms with E-state index in [2.05, 4.69) is 21.3 Å². The number of hydrogen-bond acceptors (Lipinski definition) is 2. The van der Waals surface area contributed by atoms with Crippen molar-refractivity contribution >= 4 is 11.4 Å². The SMILES string of the molecule is Nc1cc[n+](CC=CC[n+]2ccc(N)cc2)cc1. The summed E-state index contributed by atoms with van der Waals surface area (Å²) in [6.45, 7) is 1.69. The van der Waals surface area contributed by atoms with Gasteiger partial charge in [-0.1, -0.05) is 0 Å². The van der Waals surface area contributed by atoms with Gasteiger partial charge in [-0.05, 0) is 12.2 Å². The molecule has 2 aromatic heterocycles. The van der Waals surface area contributed by atoms with Gasteiger partial charge in [0.05, 0.1) is 0 Å². The van der Waals surface area contributed by atoms with Gasteiger partial charge in [-0.3, -0.25) is 0 Å². The molecule has 2 heterocycles. The number of anilines is 2. The standard InChI is InChI=1S/C14H16N4/c15-13-3-9-17(10-4-13)7-1-2-8-18-11-5-14(16)6-12-18/h1-6,9-12,15-16H,7-8H2/p+2. The Bertz CT molecular complexity index is 465. The summed E-state index contributed by atoms with van der Waals surface area (Å²) in [6.07, 6.45) is 12.1. The number of hydrogen-bond donors (Lipinski definition) is 2. The van der Waals surface area contributed by atoms with E-state index >= 15 is 0 Å². The molecule has 2 aromatic rings. The van der Waals surface area contributed by atoms with Gasteiger partial charge in [0, 0.05) is 35.6 Å². The van der Waals surface area contributed by atoms with Gasteiger partial charge in [0.25, 0.3) is 0 Å². The van der Waals surface area contributed by atoms with Gasteiger partial charge in [0.1, 0.15) is 0 Å². The summed E-state index contributed by atoms with van der Waals surface area (Å²) < 4.78 is 4.14. The third-order valence-electron chi connectivity index (χ3n) is 2.63. The Hall–Kier alpha value is -2.36. The van der Waals surface area contributed by atoms with Crippen LogP contribution in [0.15, 0.2) is 61.2 Å². The van der Waals surface area contributed by atoms with Gasteiger partial charge in [0.15, 0.2) is 37.9 Å². The van der Waals surface area contributed by atoms with Crippen molar-refractivity contribution in [3.05, 3.63) is 61.2 Å². The minimum atomic E-state index is 0.785. The van der Waals surface area contributed by atoms with Gasteiger partial charge >= 0.3 is 0 Å². The lowest BCUT2D eigenvalue weighted by atomic mass is 10.4. The first kappa shape index (κ1) is 12.1. The van der Waals surface area contributed by atoms with E-state index in [9.17, 15) is 0 Å². The molecule has 0 fully saturated rings. The molecule has 92 valence electrons. The highest BCUT2D eigenvalue weighted by atomic mass is 14.9. The monoisotopic (exact) mass is 242 g/mol. The Kier molecular flexibility index (Phi) is 3.91. The maximum atomic E-state index is 5.62. The van der Waals surface area contributed by atoms with Crippen LogP contribution in [-0.4, -0.2) is 0 Å². The van der Waals surface area contributed by atoms with Gasteiger partial charge in [-0.15, -0.1) is 0 Å². The second-order valence-electron chi connectivity index (χ2n) is 4.13. The van der Waals surface area contributed by atoms with E-state index in [0.717, 1.165) is 24.5 Å². The molecule has 18 heavy (non-hydrogen) atoms. The highest BCUT2D eigenvalue weighted by molar-refractivity contribution is 5.32. The van der Waals surface area contributed by atoms with Crippen molar-refractivity contribution in [3.63, 3.8) is 0 Å². The molecule has 0 saturated carbocycles. The molecule has 0 aromatic carbocycles. The fourth-order valence-electron chi connectivity index (χ4n) is 1.57. The molecule has 2 rings (SSSR count). The Labute approximate surface area is 107 Å². The van der Waals surface area contributed by atoms with E-state index in [1.54, 1.807) is 0 Å². The van der Waals surface area contributed by atoms with Crippen LogP contribution in [0.3, 0.4) is 0 Å². The average Bonchev–Trinajstić information content (AvgIpc) is 2.39. The summed E-state index contributed by atoms with van der Waals surface area (Å²) in [5, 5.41) is 0. The first-order chi connectivity index (χ1) is 8.74. The van der Waals surface area contributed by atoms with Crippen LogP contribution in [-0.2, 0) is 13.1 Å². The van der Waals surface area contributed by atoms with Crippen molar-refractivity contribution in [1.29, 1.82) is 0 Å². The van der Waals surface area contributed by atoms with E-state index < -0.39 is 0 Å². The molecule has 4 N–H and O–H groups in total. The number of aromatic nitrogens is 2. The number of nitrogens with two attached hydrogens (primary N) is 2. The molecule has 4 nitrogen and oxygen atoms in total. The quantitative estimate of drug-likeness (QED) is 0.612. The third-order valence-corrected chi connectivity index (χ3v) is 2.63. The average molecular weight is 242 g/mol. The van der Waals surface area contributed by atoms with Crippen molar-refractivity contribution in [2.75, 3.05) is 11.5 Å². The van der Waals surface area contributed by atoms with Crippen LogP contribution in [0.5, 0.6) is 0 Å². The molecule has 0 saturated heterocycles. The normalized spacial score (nSPS) is 10.9. The zero-order chi connectivity index (χ0) is 12.8. The topological polar surface area (TPSA) is 59.8 Å². The lowest BCUT2D eigenvalue weighted by Crippen LogP contribution is -2.33. The summed E-state index contributed by atoms with van der Waals surface area (Å²) >= 11 is 0. The molecule has 4 heteroatoms. The van der Waals surface area contributed by atoms with Crippen LogP contribution in [0.1, 0.15) is 0 Å². The van der Waals surface area contributed by atoms with E-state index in [1.807, 2.05) is 49.1 Å². The van der Waals surface area contributed by atoms with E-state index in [0.29, 0.717) is 0 Å². The summed E-state index contributed by atoms with van der Waals surface area (Å²) in [6, 6.07) is 7.57. The molecular weight excluding hydrogens is 224 g/mol. The lowest BCUT2D eigenvalue weighted by molar-refractivity contribution is -0.691. The second kappa shape index (κ2) is 5.82. The van der Waals surface area contributed by atoms with Gasteiger partial charge in [-0.2, -0.15) is 0 Å². The van der Waals surface area contributed by atoms with Crippen LogP contribution < -0.4 is 20.6 Å². The first-order valence-electron chi connectivity index (χ1n) is 5.88. The smallest absolute Gasteiger partial charge is 0.171 e. The van der Waals surface area contributed by atoms with Gasteiger partial charge < -0.3 is 11.5 Å². The third kappa shape index (κ3) is 3.59. The summed E-state index contributed by atoms with van der Waals surface area (Å²) in [7, 11) is 0. The molecule has 0 aliphatic heterocycles. The van der Waals surface area contributed by atoms with Gasteiger partial charge in [0.2, 0.25) is 0 Å². The second-order valence-corrected chi connectivity index (χ2v) is 4.13. The highest BCUT2D eigenvalue weighted by Gasteiger charge is 1.97. The predicted octanol–water partition coefficient (Wildman–Crippen LogP) is 0.682. The zero-order valence-electron chi connectivity index (χ0n) is 10.2.